The smallest absolute Gasteiger partial charge is 0.137 e. The van der Waals surface area contributed by atoms with Crippen molar-refractivity contribution >= 4 is 21.8 Å². The van der Waals surface area contributed by atoms with Gasteiger partial charge in [0.15, 0.2) is 0 Å². The Labute approximate surface area is 323 Å². The number of hydrogen-bond donors (Lipinski definition) is 0. The van der Waals surface area contributed by atoms with Crippen LogP contribution in [0.1, 0.15) is 110 Å². The number of hydrogen-bond acceptors (Lipinski definition) is 3. The molecule has 3 heterocycles. The highest BCUT2D eigenvalue weighted by Crippen LogP contribution is 2.50. The largest absolute Gasteiger partial charge is 0.457 e. The Morgan fingerprint density at radius 1 is 0.815 bits per heavy atom. The topological polar surface area (TPSA) is 44.9 Å². The summed E-state index contributed by atoms with van der Waals surface area (Å²) in [5.74, 6) is 5.75. The number of allylic oxidation sites excluding steroid dienone is 2. The summed E-state index contributed by atoms with van der Waals surface area (Å²) in [5, 5.41) is 7.70. The van der Waals surface area contributed by atoms with Crippen LogP contribution in [0.4, 0.5) is 0 Å². The summed E-state index contributed by atoms with van der Waals surface area (Å²) in [4.78, 5) is 4.83. The van der Waals surface area contributed by atoms with E-state index in [-0.39, 0.29) is 5.41 Å². The van der Waals surface area contributed by atoms with E-state index < -0.39 is 0 Å². The quantitative estimate of drug-likeness (QED) is 0.140. The van der Waals surface area contributed by atoms with Crippen LogP contribution in [-0.4, -0.2) is 19.3 Å². The Bertz CT molecular complexity index is 2340. The molecule has 0 bridgehead atoms. The third kappa shape index (κ3) is 6.91. The summed E-state index contributed by atoms with van der Waals surface area (Å²) in [7, 11) is 0. The predicted molar refractivity (Wildman–Crippen MR) is 227 cm³/mol. The van der Waals surface area contributed by atoms with Gasteiger partial charge in [-0.3, -0.25) is 4.57 Å². The van der Waals surface area contributed by atoms with Crippen LogP contribution in [0.3, 0.4) is 0 Å². The van der Waals surface area contributed by atoms with Crippen molar-refractivity contribution in [3.8, 4) is 23.0 Å². The van der Waals surface area contributed by atoms with Crippen molar-refractivity contribution in [1.82, 2.24) is 19.3 Å². The lowest BCUT2D eigenvalue weighted by molar-refractivity contribution is 0.232. The number of benzene rings is 3. The van der Waals surface area contributed by atoms with Crippen LogP contribution in [0.5, 0.6) is 11.5 Å². The number of pyridine rings is 1. The normalized spacial score (nSPS) is 18.1. The molecule has 0 aliphatic heterocycles. The Hall–Kier alpha value is -4.64. The third-order valence-corrected chi connectivity index (χ3v) is 12.1. The molecule has 54 heavy (non-hydrogen) atoms. The van der Waals surface area contributed by atoms with Gasteiger partial charge in [0.05, 0.1) is 22.4 Å². The molecule has 0 saturated heterocycles. The fourth-order valence-corrected chi connectivity index (χ4v) is 8.92. The fourth-order valence-electron chi connectivity index (χ4n) is 8.92. The summed E-state index contributed by atoms with van der Waals surface area (Å²) in [5.41, 5.74) is 11.0. The van der Waals surface area contributed by atoms with Crippen LogP contribution in [-0.2, 0) is 11.8 Å². The van der Waals surface area contributed by atoms with E-state index in [0.717, 1.165) is 46.2 Å². The monoisotopic (exact) mass is 720 g/mol. The molecule has 5 nitrogen and oxygen atoms in total. The van der Waals surface area contributed by atoms with Crippen LogP contribution >= 0.6 is 0 Å². The molecule has 0 spiro atoms. The first-order valence-corrected chi connectivity index (χ1v) is 20.3. The Morgan fingerprint density at radius 2 is 1.56 bits per heavy atom. The van der Waals surface area contributed by atoms with E-state index in [1.165, 1.54) is 39.6 Å². The Morgan fingerprint density at radius 3 is 2.24 bits per heavy atom. The minimum Gasteiger partial charge on any atom is -0.457 e. The number of rotatable bonds is 9. The number of aryl methyl sites for hydroxylation is 2. The van der Waals surface area contributed by atoms with Gasteiger partial charge in [0.1, 0.15) is 17.3 Å². The van der Waals surface area contributed by atoms with E-state index >= 15 is 0 Å². The van der Waals surface area contributed by atoms with Gasteiger partial charge >= 0.3 is 0 Å². The number of aromatic nitrogens is 4. The molecular weight excluding hydrogens is 661 g/mol. The lowest BCUT2D eigenvalue weighted by Gasteiger charge is -2.41. The van der Waals surface area contributed by atoms with Crippen molar-refractivity contribution in [2.24, 2.45) is 29.6 Å². The number of para-hydroxylation sites is 1. The van der Waals surface area contributed by atoms with Crippen LogP contribution in [0.2, 0.25) is 0 Å². The van der Waals surface area contributed by atoms with Crippen molar-refractivity contribution < 1.29 is 4.74 Å². The Kier molecular flexibility index (Phi) is 10.1. The highest BCUT2D eigenvalue weighted by Gasteiger charge is 2.39. The van der Waals surface area contributed by atoms with Crippen molar-refractivity contribution in [2.75, 3.05) is 0 Å². The van der Waals surface area contributed by atoms with E-state index in [9.17, 15) is 0 Å². The molecular formula is C49H60N4O. The van der Waals surface area contributed by atoms with E-state index in [2.05, 4.69) is 171 Å². The highest BCUT2D eigenvalue weighted by atomic mass is 16.5. The molecule has 0 radical (unpaired) electrons. The molecule has 3 aromatic carbocycles. The summed E-state index contributed by atoms with van der Waals surface area (Å²) in [6.45, 7) is 27.8. The van der Waals surface area contributed by atoms with Gasteiger partial charge in [-0.15, -0.1) is 0 Å². The van der Waals surface area contributed by atoms with Crippen LogP contribution in [0.15, 0.2) is 90.6 Å². The molecule has 1 aliphatic carbocycles. The first-order chi connectivity index (χ1) is 25.7. The average molecular weight is 721 g/mol. The molecule has 282 valence electrons. The van der Waals surface area contributed by atoms with Crippen molar-refractivity contribution in [1.29, 1.82) is 0 Å². The molecule has 1 aliphatic rings. The average Bonchev–Trinajstić information content (AvgIpc) is 3.62. The Balaban J connectivity index is 1.34. The standard InChI is InChI=1S/C49H60N4O/c1-13-34-20-21-50-46(22-34)52-44-17-15-14-16-40(44)41-19-18-38(28-45(41)52)54-39-26-36(49(10,11)12)25-37(27-39)53-33(9)47(32(8)51-53)48-42(30(4)5)23-35(29(2)3)24-43(48)31(6)7/h14-23,25-31,35,43,48H,13,24H2,1-12H3/t35-,43?,48-/m0/s1. The zero-order valence-corrected chi connectivity index (χ0v) is 34.7. The lowest BCUT2D eigenvalue weighted by atomic mass is 9.63. The van der Waals surface area contributed by atoms with E-state index in [0.29, 0.717) is 35.5 Å². The van der Waals surface area contributed by atoms with E-state index in [1.807, 2.05) is 6.20 Å². The molecule has 1 unspecified atom stereocenters. The second-order valence-electron chi connectivity index (χ2n) is 17.8. The van der Waals surface area contributed by atoms with Gasteiger partial charge < -0.3 is 4.74 Å². The third-order valence-electron chi connectivity index (χ3n) is 12.1. The number of ether oxygens (including phenoxy) is 1. The first-order valence-electron chi connectivity index (χ1n) is 20.3. The van der Waals surface area contributed by atoms with Crippen molar-refractivity contribution in [3.63, 3.8) is 0 Å². The van der Waals surface area contributed by atoms with Gasteiger partial charge in [-0.05, 0) is 115 Å². The number of nitrogens with zero attached hydrogens (tertiary/aromatic N) is 4. The second kappa shape index (κ2) is 14.5. The molecule has 0 saturated carbocycles. The summed E-state index contributed by atoms with van der Waals surface area (Å²) < 4.78 is 11.3. The maximum atomic E-state index is 6.86. The minimum atomic E-state index is -0.0924. The molecule has 0 fully saturated rings. The molecule has 7 rings (SSSR count). The SMILES string of the molecule is CCc1ccnc(-n2c3ccccc3c3ccc(Oc4cc(-n5nc(C)c([C@H]6C(C(C)C)=C[C@H](C(C)C)CC6C(C)C)c5C)cc(C(C)(C)C)c4)cc32)c1. The fraction of sp³-hybridized carbons (Fsp3) is 0.429. The molecule has 0 N–H and O–H groups in total. The van der Waals surface area contributed by atoms with E-state index in [1.54, 1.807) is 5.57 Å². The van der Waals surface area contributed by atoms with Crippen LogP contribution in [0.25, 0.3) is 33.3 Å². The highest BCUT2D eigenvalue weighted by molar-refractivity contribution is 6.09. The molecule has 0 amide bonds. The summed E-state index contributed by atoms with van der Waals surface area (Å²) >= 11 is 0. The van der Waals surface area contributed by atoms with Gasteiger partial charge in [0, 0.05) is 46.3 Å². The van der Waals surface area contributed by atoms with Crippen LogP contribution < -0.4 is 4.74 Å². The summed E-state index contributed by atoms with van der Waals surface area (Å²) in [6.07, 6.45) is 6.73. The lowest BCUT2D eigenvalue weighted by Crippen LogP contribution is -2.31. The van der Waals surface area contributed by atoms with Crippen molar-refractivity contribution in [2.45, 2.75) is 107 Å². The maximum absolute atomic E-state index is 6.86. The second-order valence-corrected chi connectivity index (χ2v) is 17.8. The van der Waals surface area contributed by atoms with Crippen molar-refractivity contribution in [3.05, 3.63) is 119 Å². The molecule has 5 heteroatoms. The zero-order chi connectivity index (χ0) is 38.6. The maximum Gasteiger partial charge on any atom is 0.137 e. The molecule has 3 atom stereocenters. The number of fused-ring (bicyclic) bond motifs is 3. The summed E-state index contributed by atoms with van der Waals surface area (Å²) in [6, 6.07) is 26.0. The van der Waals surface area contributed by atoms with Gasteiger partial charge in [0.2, 0.25) is 0 Å². The van der Waals surface area contributed by atoms with Gasteiger partial charge in [-0.1, -0.05) is 99.1 Å². The first kappa shape index (κ1) is 37.7. The minimum absolute atomic E-state index is 0.0924. The molecule has 6 aromatic rings. The van der Waals surface area contributed by atoms with Gasteiger partial charge in [-0.25, -0.2) is 9.67 Å². The molecule has 3 aromatic heterocycles. The van der Waals surface area contributed by atoms with Gasteiger partial charge in [-0.2, -0.15) is 5.10 Å². The zero-order valence-electron chi connectivity index (χ0n) is 34.7. The van der Waals surface area contributed by atoms with Gasteiger partial charge in [0.25, 0.3) is 0 Å². The van der Waals surface area contributed by atoms with E-state index in [4.69, 9.17) is 14.8 Å². The predicted octanol–water partition coefficient (Wildman–Crippen LogP) is 13.2. The van der Waals surface area contributed by atoms with Crippen LogP contribution in [0, 0.1) is 43.4 Å².